The van der Waals surface area contributed by atoms with Gasteiger partial charge >= 0.3 is 0 Å². The number of rotatable bonds is 7. The van der Waals surface area contributed by atoms with Gasteiger partial charge in [-0.1, -0.05) is 29.5 Å². The number of carbonyl (C=O) groups excluding carboxylic acids is 1. The van der Waals surface area contributed by atoms with E-state index in [1.807, 2.05) is 39.0 Å². The third-order valence-corrected chi connectivity index (χ3v) is 5.24. The second kappa shape index (κ2) is 8.48. The van der Waals surface area contributed by atoms with Gasteiger partial charge in [0.1, 0.15) is 11.5 Å². The van der Waals surface area contributed by atoms with Crippen LogP contribution in [-0.4, -0.2) is 35.5 Å². The van der Waals surface area contributed by atoms with Crippen molar-refractivity contribution in [1.29, 1.82) is 0 Å². The van der Waals surface area contributed by atoms with Crippen LogP contribution in [-0.2, 0) is 0 Å². The zero-order valence-electron chi connectivity index (χ0n) is 16.5. The van der Waals surface area contributed by atoms with Gasteiger partial charge in [-0.15, -0.1) is 10.2 Å². The molecule has 2 aromatic carbocycles. The number of hydrogen-bond acceptors (Lipinski definition) is 7. The van der Waals surface area contributed by atoms with Crippen LogP contribution in [0, 0.1) is 13.8 Å². The molecule has 0 aliphatic rings. The number of hydrogen-bond donors (Lipinski definition) is 0. The van der Waals surface area contributed by atoms with E-state index in [-0.39, 0.29) is 11.0 Å². The number of carbonyl (C=O) groups is 1. The van der Waals surface area contributed by atoms with Gasteiger partial charge in [0, 0.05) is 17.2 Å². The van der Waals surface area contributed by atoms with E-state index in [1.165, 1.54) is 11.8 Å². The Morgan fingerprint density at radius 3 is 2.36 bits per heavy atom. The fourth-order valence-corrected chi connectivity index (χ4v) is 3.48. The first kappa shape index (κ1) is 19.9. The highest BCUT2D eigenvalue weighted by molar-refractivity contribution is 8.00. The highest BCUT2D eigenvalue weighted by Crippen LogP contribution is 2.32. The minimum absolute atomic E-state index is 0.0361. The predicted molar refractivity (Wildman–Crippen MR) is 108 cm³/mol. The molecule has 1 aromatic heterocycles. The van der Waals surface area contributed by atoms with Gasteiger partial charge in [0.25, 0.3) is 5.22 Å². The summed E-state index contributed by atoms with van der Waals surface area (Å²) in [4.78, 5) is 12.8. The number of Topliss-reactive ketones (excluding diaryl/α,β-unsaturated/α-hetero) is 1. The van der Waals surface area contributed by atoms with E-state index in [2.05, 4.69) is 10.2 Å². The second-order valence-corrected chi connectivity index (χ2v) is 7.71. The van der Waals surface area contributed by atoms with Gasteiger partial charge in [0.05, 0.1) is 19.5 Å². The first-order valence-corrected chi connectivity index (χ1v) is 9.64. The molecule has 1 atom stereocenters. The summed E-state index contributed by atoms with van der Waals surface area (Å²) in [5.74, 6) is 1.63. The molecule has 146 valence electrons. The molecule has 28 heavy (non-hydrogen) atoms. The van der Waals surface area contributed by atoms with Crippen LogP contribution < -0.4 is 9.47 Å². The Hall–Kier alpha value is -2.80. The molecule has 0 radical (unpaired) electrons. The smallest absolute Gasteiger partial charge is 0.277 e. The SMILES string of the molecule is COc1cc(OC)cc(-c2nnc(SC(C)C(=O)c3cc(C)ccc3C)o2)c1. The molecular weight excluding hydrogens is 376 g/mol. The molecule has 0 N–H and O–H groups in total. The van der Waals surface area contributed by atoms with Crippen molar-refractivity contribution in [2.45, 2.75) is 31.2 Å². The normalized spacial score (nSPS) is 11.9. The average molecular weight is 398 g/mol. The van der Waals surface area contributed by atoms with Crippen molar-refractivity contribution < 1.29 is 18.7 Å². The van der Waals surface area contributed by atoms with Crippen LogP contribution in [0.2, 0.25) is 0 Å². The van der Waals surface area contributed by atoms with Gasteiger partial charge < -0.3 is 13.9 Å². The molecule has 0 saturated heterocycles. The topological polar surface area (TPSA) is 74.5 Å². The summed E-state index contributed by atoms with van der Waals surface area (Å²) in [5.41, 5.74) is 3.41. The van der Waals surface area contributed by atoms with Gasteiger partial charge in [0.2, 0.25) is 5.89 Å². The lowest BCUT2D eigenvalue weighted by Gasteiger charge is -2.10. The maximum absolute atomic E-state index is 12.8. The van der Waals surface area contributed by atoms with E-state index < -0.39 is 0 Å². The summed E-state index contributed by atoms with van der Waals surface area (Å²) in [6.07, 6.45) is 0. The first-order chi connectivity index (χ1) is 13.4. The number of benzene rings is 2. The van der Waals surface area contributed by atoms with Crippen molar-refractivity contribution in [1.82, 2.24) is 10.2 Å². The highest BCUT2D eigenvalue weighted by Gasteiger charge is 2.22. The lowest BCUT2D eigenvalue weighted by molar-refractivity contribution is 0.0993. The molecule has 0 fully saturated rings. The largest absolute Gasteiger partial charge is 0.497 e. The second-order valence-electron chi connectivity index (χ2n) is 6.42. The summed E-state index contributed by atoms with van der Waals surface area (Å²) in [5, 5.41) is 8.15. The number of ether oxygens (including phenoxy) is 2. The summed E-state index contributed by atoms with van der Waals surface area (Å²) >= 11 is 1.24. The van der Waals surface area contributed by atoms with Gasteiger partial charge in [-0.3, -0.25) is 4.79 Å². The van der Waals surface area contributed by atoms with Crippen molar-refractivity contribution in [2.24, 2.45) is 0 Å². The number of methoxy groups -OCH3 is 2. The van der Waals surface area contributed by atoms with Crippen LogP contribution in [0.5, 0.6) is 11.5 Å². The van der Waals surface area contributed by atoms with E-state index in [0.717, 1.165) is 16.7 Å². The van der Waals surface area contributed by atoms with E-state index in [4.69, 9.17) is 13.9 Å². The van der Waals surface area contributed by atoms with E-state index in [1.54, 1.807) is 32.4 Å². The van der Waals surface area contributed by atoms with Gasteiger partial charge in [0.15, 0.2) is 5.78 Å². The summed E-state index contributed by atoms with van der Waals surface area (Å²) in [7, 11) is 3.16. The molecule has 7 heteroatoms. The minimum atomic E-state index is -0.353. The number of aryl methyl sites for hydroxylation is 2. The number of nitrogens with zero attached hydrogens (tertiary/aromatic N) is 2. The Morgan fingerprint density at radius 2 is 1.71 bits per heavy atom. The predicted octanol–water partition coefficient (Wildman–Crippen LogP) is 4.73. The first-order valence-electron chi connectivity index (χ1n) is 8.76. The van der Waals surface area contributed by atoms with Gasteiger partial charge in [-0.05, 0) is 44.5 Å². The fourth-order valence-electron chi connectivity index (χ4n) is 2.73. The highest BCUT2D eigenvalue weighted by atomic mass is 32.2. The molecular formula is C21H22N2O4S. The Bertz CT molecular complexity index is 978. The molecule has 0 bridgehead atoms. The van der Waals surface area contributed by atoms with Crippen LogP contribution >= 0.6 is 11.8 Å². The fraction of sp³-hybridized carbons (Fsp3) is 0.286. The standard InChI is InChI=1S/C21H22N2O4S/c1-12-6-7-13(2)18(8-12)19(24)14(3)28-21-23-22-20(27-21)15-9-16(25-4)11-17(10-15)26-5/h6-11,14H,1-5H3. The van der Waals surface area contributed by atoms with Crippen LogP contribution in [0.3, 0.4) is 0 Å². The van der Waals surface area contributed by atoms with Crippen molar-refractivity contribution >= 4 is 17.5 Å². The van der Waals surface area contributed by atoms with Crippen molar-refractivity contribution in [3.8, 4) is 23.0 Å². The molecule has 0 spiro atoms. The van der Waals surface area contributed by atoms with E-state index >= 15 is 0 Å². The maximum atomic E-state index is 12.8. The van der Waals surface area contributed by atoms with E-state index in [0.29, 0.717) is 28.2 Å². The lowest BCUT2D eigenvalue weighted by Crippen LogP contribution is -2.15. The molecule has 0 aliphatic carbocycles. The molecule has 0 aliphatic heterocycles. The van der Waals surface area contributed by atoms with Crippen LogP contribution in [0.4, 0.5) is 0 Å². The van der Waals surface area contributed by atoms with Crippen LogP contribution in [0.15, 0.2) is 46.0 Å². The zero-order valence-corrected chi connectivity index (χ0v) is 17.3. The Kier molecular flexibility index (Phi) is 6.04. The Labute approximate surface area is 168 Å². The summed E-state index contributed by atoms with van der Waals surface area (Å²) in [6, 6.07) is 11.2. The summed E-state index contributed by atoms with van der Waals surface area (Å²) in [6.45, 7) is 5.75. The van der Waals surface area contributed by atoms with Gasteiger partial charge in [-0.25, -0.2) is 0 Å². The van der Waals surface area contributed by atoms with E-state index in [9.17, 15) is 4.79 Å². The molecule has 1 heterocycles. The number of aromatic nitrogens is 2. The minimum Gasteiger partial charge on any atom is -0.497 e. The lowest BCUT2D eigenvalue weighted by atomic mass is 10.0. The summed E-state index contributed by atoms with van der Waals surface area (Å²) < 4.78 is 16.3. The molecule has 3 rings (SSSR count). The Balaban J connectivity index is 1.79. The van der Waals surface area contributed by atoms with Crippen molar-refractivity contribution in [2.75, 3.05) is 14.2 Å². The average Bonchev–Trinajstić information content (AvgIpc) is 3.17. The maximum Gasteiger partial charge on any atom is 0.277 e. The quantitative estimate of drug-likeness (QED) is 0.420. The number of thioether (sulfide) groups is 1. The molecule has 6 nitrogen and oxygen atoms in total. The molecule has 3 aromatic rings. The van der Waals surface area contributed by atoms with Crippen LogP contribution in [0.1, 0.15) is 28.4 Å². The Morgan fingerprint density at radius 1 is 1.04 bits per heavy atom. The molecule has 1 unspecified atom stereocenters. The van der Waals surface area contributed by atoms with Crippen molar-refractivity contribution in [3.05, 3.63) is 53.1 Å². The molecule has 0 saturated carbocycles. The third kappa shape index (κ3) is 4.36. The van der Waals surface area contributed by atoms with Crippen LogP contribution in [0.25, 0.3) is 11.5 Å². The zero-order chi connectivity index (χ0) is 20.3. The monoisotopic (exact) mass is 398 g/mol. The van der Waals surface area contributed by atoms with Gasteiger partial charge in [-0.2, -0.15) is 0 Å². The van der Waals surface area contributed by atoms with Crippen molar-refractivity contribution in [3.63, 3.8) is 0 Å². The number of ketones is 1. The third-order valence-electron chi connectivity index (χ3n) is 4.31. The molecule has 0 amide bonds.